The van der Waals surface area contributed by atoms with Crippen molar-refractivity contribution in [2.24, 2.45) is 5.73 Å². The number of carbonyl (C=O) groups is 3. The van der Waals surface area contributed by atoms with Crippen molar-refractivity contribution in [3.63, 3.8) is 0 Å². The van der Waals surface area contributed by atoms with Crippen LogP contribution in [0.3, 0.4) is 0 Å². The van der Waals surface area contributed by atoms with E-state index < -0.39 is 17.6 Å². The second-order valence-electron chi connectivity index (χ2n) is 11.5. The summed E-state index contributed by atoms with van der Waals surface area (Å²) in [5.74, 6) is -0.698. The maximum Gasteiger partial charge on any atom is 0.246 e. The van der Waals surface area contributed by atoms with Gasteiger partial charge in [-0.25, -0.2) is 0 Å². The van der Waals surface area contributed by atoms with Gasteiger partial charge >= 0.3 is 0 Å². The number of likely N-dealkylation sites (N-methyl/N-ethyl adjacent to an activating group) is 1. The topological polar surface area (TPSA) is 95.7 Å². The number of hydrogen-bond donors (Lipinski definition) is 2. The molecule has 3 atom stereocenters. The highest BCUT2D eigenvalue weighted by Crippen LogP contribution is 2.23. The summed E-state index contributed by atoms with van der Waals surface area (Å²) in [7, 11) is 1.66. The molecule has 40 heavy (non-hydrogen) atoms. The van der Waals surface area contributed by atoms with E-state index in [0.717, 1.165) is 21.9 Å². The third kappa shape index (κ3) is 7.16. The molecule has 0 spiro atoms. The normalized spacial score (nSPS) is 18.5. The average molecular weight is 541 g/mol. The molecule has 0 saturated carbocycles. The third-order valence-corrected chi connectivity index (χ3v) is 7.46. The molecule has 210 valence electrons. The molecule has 7 nitrogen and oxygen atoms in total. The van der Waals surface area contributed by atoms with Crippen LogP contribution in [0.15, 0.2) is 84.9 Å². The Labute approximate surface area is 237 Å². The number of nitrogens with one attached hydrogen (secondary N) is 1. The van der Waals surface area contributed by atoms with E-state index in [-0.39, 0.29) is 23.8 Å². The molecule has 3 amide bonds. The average Bonchev–Trinajstić information content (AvgIpc) is 2.93. The number of carbonyl (C=O) groups excluding carboxylic acids is 3. The first-order valence-corrected chi connectivity index (χ1v) is 13.9. The zero-order valence-electron chi connectivity index (χ0n) is 23.8. The van der Waals surface area contributed by atoms with E-state index in [4.69, 9.17) is 5.73 Å². The Morgan fingerprint density at radius 2 is 1.73 bits per heavy atom. The Kier molecular flexibility index (Phi) is 9.05. The van der Waals surface area contributed by atoms with E-state index in [9.17, 15) is 14.4 Å². The molecule has 3 N–H and O–H groups in total. The second-order valence-corrected chi connectivity index (χ2v) is 11.5. The van der Waals surface area contributed by atoms with Gasteiger partial charge in [0.15, 0.2) is 0 Å². The predicted octanol–water partition coefficient (Wildman–Crippen LogP) is 3.85. The summed E-state index contributed by atoms with van der Waals surface area (Å²) in [6, 6.07) is 22.2. The Bertz CT molecular complexity index is 1380. The van der Waals surface area contributed by atoms with Crippen LogP contribution in [0.4, 0.5) is 0 Å². The lowest BCUT2D eigenvalue weighted by Gasteiger charge is -2.43. The molecule has 1 aliphatic rings. The van der Waals surface area contributed by atoms with Crippen LogP contribution in [0.25, 0.3) is 10.8 Å². The summed E-state index contributed by atoms with van der Waals surface area (Å²) in [5, 5.41) is 5.13. The van der Waals surface area contributed by atoms with Gasteiger partial charge < -0.3 is 20.9 Å². The van der Waals surface area contributed by atoms with Gasteiger partial charge in [0.25, 0.3) is 0 Å². The molecule has 1 fully saturated rings. The number of fused-ring (bicyclic) bond motifs is 1. The second kappa shape index (κ2) is 12.5. The number of nitrogens with two attached hydrogens (primary N) is 1. The van der Waals surface area contributed by atoms with Gasteiger partial charge in [-0.3, -0.25) is 14.4 Å². The lowest BCUT2D eigenvalue weighted by atomic mass is 9.95. The van der Waals surface area contributed by atoms with Crippen LogP contribution in [0, 0.1) is 0 Å². The summed E-state index contributed by atoms with van der Waals surface area (Å²) in [6.07, 6.45) is 4.49. The minimum absolute atomic E-state index is 0.182. The van der Waals surface area contributed by atoms with Crippen molar-refractivity contribution in [1.82, 2.24) is 15.1 Å². The molecule has 1 aliphatic heterocycles. The van der Waals surface area contributed by atoms with Crippen LogP contribution in [-0.2, 0) is 27.2 Å². The highest BCUT2D eigenvalue weighted by molar-refractivity contribution is 5.96. The third-order valence-electron chi connectivity index (χ3n) is 7.46. The monoisotopic (exact) mass is 540 g/mol. The Morgan fingerprint density at radius 1 is 1.05 bits per heavy atom. The fraction of sp³-hybridized carbons (Fsp3) is 0.364. The van der Waals surface area contributed by atoms with Crippen molar-refractivity contribution in [3.8, 4) is 0 Å². The molecular weight excluding hydrogens is 500 g/mol. The first-order valence-electron chi connectivity index (χ1n) is 13.9. The summed E-state index contributed by atoms with van der Waals surface area (Å²) in [6.45, 7) is 6.09. The van der Waals surface area contributed by atoms with Gasteiger partial charge in [0.2, 0.25) is 17.7 Å². The van der Waals surface area contributed by atoms with Gasteiger partial charge in [-0.05, 0) is 55.2 Å². The standard InChI is InChI=1S/C33H40N4O3/c1-23-22-35-31(39)28(20-24-11-6-5-7-12-24)37(23)32(40)29(36(4)30(38)15-10-18-33(2,3)34)21-25-16-17-26-13-8-9-14-27(26)19-25/h5-17,19,23,28-29H,18,20-22,34H2,1-4H3,(H,35,39)/t23-,28+,29+/m0/s1. The zero-order chi connectivity index (χ0) is 28.9. The lowest BCUT2D eigenvalue weighted by molar-refractivity contribution is -0.152. The van der Waals surface area contributed by atoms with Crippen molar-refractivity contribution < 1.29 is 14.4 Å². The van der Waals surface area contributed by atoms with E-state index in [2.05, 4.69) is 11.4 Å². The lowest BCUT2D eigenvalue weighted by Crippen LogP contribution is -2.65. The van der Waals surface area contributed by atoms with E-state index in [0.29, 0.717) is 25.8 Å². The van der Waals surface area contributed by atoms with Gasteiger partial charge in [0, 0.05) is 38.0 Å². The van der Waals surface area contributed by atoms with Gasteiger partial charge in [-0.2, -0.15) is 0 Å². The molecule has 0 radical (unpaired) electrons. The van der Waals surface area contributed by atoms with Crippen LogP contribution in [0.2, 0.25) is 0 Å². The van der Waals surface area contributed by atoms with Crippen LogP contribution < -0.4 is 11.1 Å². The smallest absolute Gasteiger partial charge is 0.246 e. The van der Waals surface area contributed by atoms with Crippen LogP contribution in [0.5, 0.6) is 0 Å². The summed E-state index contributed by atoms with van der Waals surface area (Å²) < 4.78 is 0. The van der Waals surface area contributed by atoms with Crippen molar-refractivity contribution in [3.05, 3.63) is 96.1 Å². The van der Waals surface area contributed by atoms with Crippen molar-refractivity contribution >= 4 is 28.5 Å². The first kappa shape index (κ1) is 29.0. The molecule has 1 heterocycles. The highest BCUT2D eigenvalue weighted by atomic mass is 16.2. The molecule has 4 rings (SSSR count). The zero-order valence-corrected chi connectivity index (χ0v) is 23.8. The summed E-state index contributed by atoms with van der Waals surface area (Å²) >= 11 is 0. The fourth-order valence-corrected chi connectivity index (χ4v) is 5.18. The van der Waals surface area contributed by atoms with Gasteiger partial charge in [0.1, 0.15) is 12.1 Å². The van der Waals surface area contributed by atoms with Gasteiger partial charge in [-0.15, -0.1) is 0 Å². The molecule has 3 aromatic carbocycles. The Balaban J connectivity index is 1.67. The van der Waals surface area contributed by atoms with Gasteiger partial charge in [-0.1, -0.05) is 78.9 Å². The SMILES string of the molecule is C[C@H]1CNC(=O)[C@@H](Cc2ccccc2)N1C(=O)[C@@H](Cc1ccc2ccccc2c1)N(C)C(=O)C=CCC(C)(C)N. The first-order chi connectivity index (χ1) is 19.0. The van der Waals surface area contributed by atoms with Crippen LogP contribution >= 0.6 is 0 Å². The maximum atomic E-state index is 14.4. The Morgan fingerprint density at radius 3 is 2.42 bits per heavy atom. The number of rotatable bonds is 9. The minimum atomic E-state index is -0.796. The van der Waals surface area contributed by atoms with Crippen LogP contribution in [0.1, 0.15) is 38.3 Å². The van der Waals surface area contributed by atoms with E-state index in [1.54, 1.807) is 18.0 Å². The number of nitrogens with zero attached hydrogens (tertiary/aromatic N) is 2. The quantitative estimate of drug-likeness (QED) is 0.403. The van der Waals surface area contributed by atoms with Crippen molar-refractivity contribution in [1.29, 1.82) is 0 Å². The Hall–Kier alpha value is -3.97. The molecule has 0 unspecified atom stereocenters. The molecule has 0 aromatic heterocycles. The van der Waals surface area contributed by atoms with Crippen LogP contribution in [-0.4, -0.2) is 64.8 Å². The molecule has 0 aliphatic carbocycles. The van der Waals surface area contributed by atoms with E-state index >= 15 is 0 Å². The summed E-state index contributed by atoms with van der Waals surface area (Å²) in [5.41, 5.74) is 7.55. The molecule has 7 heteroatoms. The van der Waals surface area contributed by atoms with Crippen molar-refractivity contribution in [2.75, 3.05) is 13.6 Å². The molecule has 1 saturated heterocycles. The van der Waals surface area contributed by atoms with E-state index in [1.165, 1.54) is 11.0 Å². The molecular formula is C33H40N4O3. The van der Waals surface area contributed by atoms with E-state index in [1.807, 2.05) is 87.5 Å². The number of piperazine rings is 1. The van der Waals surface area contributed by atoms with Gasteiger partial charge in [0.05, 0.1) is 0 Å². The minimum Gasteiger partial charge on any atom is -0.352 e. The number of hydrogen-bond acceptors (Lipinski definition) is 4. The largest absolute Gasteiger partial charge is 0.352 e. The number of amides is 3. The highest BCUT2D eigenvalue weighted by Gasteiger charge is 2.41. The summed E-state index contributed by atoms with van der Waals surface area (Å²) in [4.78, 5) is 44.0. The fourth-order valence-electron chi connectivity index (χ4n) is 5.18. The maximum absolute atomic E-state index is 14.4. The number of benzene rings is 3. The predicted molar refractivity (Wildman–Crippen MR) is 159 cm³/mol. The molecule has 0 bridgehead atoms. The molecule has 3 aromatic rings. The van der Waals surface area contributed by atoms with Crippen molar-refractivity contribution in [2.45, 2.75) is 63.7 Å².